The first-order valence-electron chi connectivity index (χ1n) is 12.6. The summed E-state index contributed by atoms with van der Waals surface area (Å²) in [6.45, 7) is 2.63. The van der Waals surface area contributed by atoms with Gasteiger partial charge in [-0.1, -0.05) is 31.2 Å². The van der Waals surface area contributed by atoms with Gasteiger partial charge in [-0.15, -0.1) is 0 Å². The Morgan fingerprint density at radius 1 is 0.951 bits per heavy atom. The van der Waals surface area contributed by atoms with E-state index in [1.165, 1.54) is 25.3 Å². The minimum Gasteiger partial charge on any atom is -0.493 e. The normalized spacial score (nSPS) is 14.2. The molecule has 0 bridgehead atoms. The number of carboxylic acids is 1. The molecule has 0 radical (unpaired) electrons. The summed E-state index contributed by atoms with van der Waals surface area (Å²) in [5, 5.41) is 11.2. The number of barbiturate groups is 1. The third kappa shape index (κ3) is 7.12. The quantitative estimate of drug-likeness (QED) is 0.221. The van der Waals surface area contributed by atoms with Gasteiger partial charge in [-0.25, -0.2) is 9.59 Å². The lowest BCUT2D eigenvalue weighted by Crippen LogP contribution is -2.53. The van der Waals surface area contributed by atoms with Crippen LogP contribution in [0.4, 0.5) is 4.79 Å². The Balaban J connectivity index is 1.48. The number of hydrogen-bond acceptors (Lipinski definition) is 7. The Kier molecular flexibility index (Phi) is 9.41. The molecule has 11 heteroatoms. The van der Waals surface area contributed by atoms with E-state index in [0.29, 0.717) is 39.5 Å². The third-order valence-corrected chi connectivity index (χ3v) is 6.70. The number of carbonyl (C=O) groups is 4. The number of carboxylic acid groups (broad SMARTS) is 1. The molecule has 41 heavy (non-hydrogen) atoms. The van der Waals surface area contributed by atoms with E-state index in [1.54, 1.807) is 48.5 Å². The van der Waals surface area contributed by atoms with Crippen molar-refractivity contribution in [1.29, 1.82) is 0 Å². The van der Waals surface area contributed by atoms with E-state index < -0.39 is 23.8 Å². The SMILES string of the molecule is CCCOc1ccc(CN2C(=O)NC(=O)/C(=C\c3ccc(OCc4ccc(C(=O)O)cc4)c(Br)c3)C2=O)cc1OC. The number of carbonyl (C=O) groups excluding carboxylic acids is 3. The molecule has 4 rings (SSSR count). The largest absolute Gasteiger partial charge is 0.493 e. The summed E-state index contributed by atoms with van der Waals surface area (Å²) in [7, 11) is 1.50. The number of benzene rings is 3. The van der Waals surface area contributed by atoms with Gasteiger partial charge in [0.1, 0.15) is 17.9 Å². The van der Waals surface area contributed by atoms with Crippen molar-refractivity contribution in [3.8, 4) is 17.2 Å². The first-order valence-corrected chi connectivity index (χ1v) is 13.4. The molecule has 1 aliphatic rings. The van der Waals surface area contributed by atoms with Gasteiger partial charge < -0.3 is 19.3 Å². The maximum Gasteiger partial charge on any atom is 0.335 e. The van der Waals surface area contributed by atoms with Crippen LogP contribution in [-0.4, -0.2) is 47.5 Å². The van der Waals surface area contributed by atoms with E-state index in [0.717, 1.165) is 16.9 Å². The molecular weight excluding hydrogens is 596 g/mol. The van der Waals surface area contributed by atoms with Crippen LogP contribution >= 0.6 is 15.9 Å². The number of methoxy groups -OCH3 is 1. The van der Waals surface area contributed by atoms with Gasteiger partial charge in [0, 0.05) is 0 Å². The Labute approximate surface area is 244 Å². The molecule has 0 aliphatic carbocycles. The van der Waals surface area contributed by atoms with Crippen molar-refractivity contribution in [2.24, 2.45) is 0 Å². The van der Waals surface area contributed by atoms with Gasteiger partial charge in [-0.3, -0.25) is 19.8 Å². The number of aromatic carboxylic acids is 1. The third-order valence-electron chi connectivity index (χ3n) is 6.08. The van der Waals surface area contributed by atoms with Crippen molar-refractivity contribution in [2.75, 3.05) is 13.7 Å². The van der Waals surface area contributed by atoms with Crippen molar-refractivity contribution in [3.63, 3.8) is 0 Å². The lowest BCUT2D eigenvalue weighted by Gasteiger charge is -2.26. The molecule has 10 nitrogen and oxygen atoms in total. The summed E-state index contributed by atoms with van der Waals surface area (Å²) < 4.78 is 17.4. The maximum atomic E-state index is 13.2. The highest BCUT2D eigenvalue weighted by molar-refractivity contribution is 9.10. The fourth-order valence-electron chi connectivity index (χ4n) is 3.96. The van der Waals surface area contributed by atoms with Gasteiger partial charge in [0.05, 0.1) is 30.3 Å². The monoisotopic (exact) mass is 622 g/mol. The van der Waals surface area contributed by atoms with Crippen LogP contribution in [-0.2, 0) is 22.7 Å². The minimum absolute atomic E-state index is 0.0797. The topological polar surface area (TPSA) is 131 Å². The van der Waals surface area contributed by atoms with Crippen molar-refractivity contribution in [2.45, 2.75) is 26.5 Å². The van der Waals surface area contributed by atoms with E-state index in [4.69, 9.17) is 19.3 Å². The molecule has 1 saturated heterocycles. The van der Waals surface area contributed by atoms with E-state index in [-0.39, 0.29) is 24.3 Å². The van der Waals surface area contributed by atoms with Gasteiger partial charge in [-0.2, -0.15) is 0 Å². The smallest absolute Gasteiger partial charge is 0.335 e. The van der Waals surface area contributed by atoms with Crippen LogP contribution in [0, 0.1) is 0 Å². The summed E-state index contributed by atoms with van der Waals surface area (Å²) in [6.07, 6.45) is 2.23. The maximum absolute atomic E-state index is 13.2. The number of hydrogen-bond donors (Lipinski definition) is 2. The molecule has 0 saturated carbocycles. The van der Waals surface area contributed by atoms with Crippen LogP contribution in [0.15, 0.2) is 70.7 Å². The average Bonchev–Trinajstić information content (AvgIpc) is 2.96. The molecule has 0 aromatic heterocycles. The molecule has 1 aliphatic heterocycles. The fourth-order valence-corrected chi connectivity index (χ4v) is 4.47. The first kappa shape index (κ1) is 29.3. The van der Waals surface area contributed by atoms with Crippen molar-refractivity contribution < 1.29 is 38.5 Å². The Hall–Kier alpha value is -4.64. The van der Waals surface area contributed by atoms with Gasteiger partial charge in [0.25, 0.3) is 11.8 Å². The van der Waals surface area contributed by atoms with Gasteiger partial charge in [0.2, 0.25) is 0 Å². The number of imide groups is 2. The van der Waals surface area contributed by atoms with Gasteiger partial charge in [0.15, 0.2) is 11.5 Å². The Morgan fingerprint density at radius 2 is 1.66 bits per heavy atom. The van der Waals surface area contributed by atoms with Crippen LogP contribution in [0.25, 0.3) is 6.08 Å². The standard InChI is InChI=1S/C30H27BrN2O8/c1-3-12-40-25-11-7-20(15-26(25)39-2)16-33-28(35)22(27(34)32-30(33)38)13-19-6-10-24(23(31)14-19)41-17-18-4-8-21(9-5-18)29(36)37/h4-11,13-15H,3,12,16-17H2,1-2H3,(H,36,37)(H,32,34,38)/b22-13+. The molecule has 212 valence electrons. The van der Waals surface area contributed by atoms with Crippen LogP contribution in [0.5, 0.6) is 17.2 Å². The summed E-state index contributed by atoms with van der Waals surface area (Å²) in [4.78, 5) is 50.4. The summed E-state index contributed by atoms with van der Waals surface area (Å²) in [6, 6.07) is 15.7. The van der Waals surface area contributed by atoms with Crippen LogP contribution in [0.2, 0.25) is 0 Å². The second kappa shape index (κ2) is 13.1. The number of amides is 4. The van der Waals surface area contributed by atoms with Gasteiger partial charge >= 0.3 is 12.0 Å². The summed E-state index contributed by atoms with van der Waals surface area (Å²) in [5.41, 5.74) is 1.91. The molecule has 1 heterocycles. The number of ether oxygens (including phenoxy) is 3. The van der Waals surface area contributed by atoms with Crippen molar-refractivity contribution in [1.82, 2.24) is 10.2 Å². The summed E-state index contributed by atoms with van der Waals surface area (Å²) >= 11 is 3.44. The number of halogens is 1. The molecule has 0 atom stereocenters. The van der Waals surface area contributed by atoms with E-state index in [1.807, 2.05) is 6.92 Å². The van der Waals surface area contributed by atoms with E-state index in [2.05, 4.69) is 21.2 Å². The first-order chi connectivity index (χ1) is 19.7. The number of nitrogens with one attached hydrogen (secondary N) is 1. The highest BCUT2D eigenvalue weighted by atomic mass is 79.9. The van der Waals surface area contributed by atoms with E-state index in [9.17, 15) is 19.2 Å². The Bertz CT molecular complexity index is 1520. The molecule has 4 amide bonds. The Morgan fingerprint density at radius 3 is 2.32 bits per heavy atom. The second-order valence-electron chi connectivity index (χ2n) is 9.02. The minimum atomic E-state index is -1.01. The highest BCUT2D eigenvalue weighted by Crippen LogP contribution is 2.30. The average molecular weight is 623 g/mol. The van der Waals surface area contributed by atoms with Crippen LogP contribution in [0.1, 0.15) is 40.4 Å². The predicted octanol–water partition coefficient (Wildman–Crippen LogP) is 5.19. The molecule has 1 fully saturated rings. The molecule has 0 spiro atoms. The molecule has 3 aromatic rings. The fraction of sp³-hybridized carbons (Fsp3) is 0.200. The lowest BCUT2D eigenvalue weighted by molar-refractivity contribution is -0.130. The molecule has 3 aromatic carbocycles. The highest BCUT2D eigenvalue weighted by Gasteiger charge is 2.35. The molecular formula is C30H27BrN2O8. The van der Waals surface area contributed by atoms with Crippen molar-refractivity contribution >= 4 is 45.8 Å². The molecule has 0 unspecified atom stereocenters. The van der Waals surface area contributed by atoms with E-state index >= 15 is 0 Å². The van der Waals surface area contributed by atoms with Crippen LogP contribution in [0.3, 0.4) is 0 Å². The lowest BCUT2D eigenvalue weighted by atomic mass is 10.1. The zero-order valence-corrected chi connectivity index (χ0v) is 23.9. The number of urea groups is 1. The number of rotatable bonds is 11. The predicted molar refractivity (Wildman–Crippen MR) is 153 cm³/mol. The van der Waals surface area contributed by atoms with Crippen molar-refractivity contribution in [3.05, 3.63) is 93.0 Å². The second-order valence-corrected chi connectivity index (χ2v) is 9.88. The van der Waals surface area contributed by atoms with Crippen LogP contribution < -0.4 is 19.5 Å². The molecule has 2 N–H and O–H groups in total. The summed E-state index contributed by atoms with van der Waals surface area (Å²) in [5.74, 6) is -1.00. The zero-order valence-electron chi connectivity index (χ0n) is 22.3. The number of nitrogens with zero attached hydrogens (tertiary/aromatic N) is 1. The van der Waals surface area contributed by atoms with Gasteiger partial charge in [-0.05, 0) is 81.5 Å². The zero-order chi connectivity index (χ0) is 29.5.